The van der Waals surface area contributed by atoms with Crippen LogP contribution in [0.4, 0.5) is 10.1 Å². The average molecular weight is 501 g/mol. The molecule has 2 heterocycles. The van der Waals surface area contributed by atoms with Gasteiger partial charge in [0.05, 0.1) is 11.0 Å². The number of carbonyl (C=O) groups is 2. The number of rotatable bonds is 6. The number of hydrogen-bond donors (Lipinski definition) is 2. The van der Waals surface area contributed by atoms with Gasteiger partial charge in [-0.3, -0.25) is 14.2 Å². The molecule has 0 bridgehead atoms. The highest BCUT2D eigenvalue weighted by molar-refractivity contribution is 6.06. The van der Waals surface area contributed by atoms with E-state index in [1.807, 2.05) is 16.4 Å². The highest BCUT2D eigenvalue weighted by Gasteiger charge is 2.23. The van der Waals surface area contributed by atoms with Crippen molar-refractivity contribution in [3.05, 3.63) is 89.5 Å². The molecule has 3 aromatic carbocycles. The summed E-state index contributed by atoms with van der Waals surface area (Å²) in [4.78, 5) is 32.3. The lowest BCUT2D eigenvalue weighted by Crippen LogP contribution is -2.38. The largest absolute Gasteiger partial charge is 0.396 e. The van der Waals surface area contributed by atoms with Gasteiger partial charge in [-0.2, -0.15) is 0 Å². The van der Waals surface area contributed by atoms with Crippen molar-refractivity contribution in [1.29, 1.82) is 0 Å². The maximum Gasteiger partial charge on any atom is 0.255 e. The number of aromatic nitrogens is 2. The third-order valence-electron chi connectivity index (χ3n) is 7.00. The summed E-state index contributed by atoms with van der Waals surface area (Å²) in [6, 6.07) is 18.3. The molecule has 0 atom stereocenters. The second kappa shape index (κ2) is 10.5. The number of nitrogens with zero attached hydrogens (tertiary/aromatic N) is 3. The van der Waals surface area contributed by atoms with Gasteiger partial charge in [-0.25, -0.2) is 9.37 Å². The fourth-order valence-corrected chi connectivity index (χ4v) is 4.94. The smallest absolute Gasteiger partial charge is 0.255 e. The molecule has 1 aromatic heterocycles. The summed E-state index contributed by atoms with van der Waals surface area (Å²) >= 11 is 0. The first-order valence-corrected chi connectivity index (χ1v) is 12.5. The minimum Gasteiger partial charge on any atom is -0.396 e. The number of amides is 2. The molecule has 0 spiro atoms. The van der Waals surface area contributed by atoms with Crippen molar-refractivity contribution >= 4 is 28.5 Å². The Labute approximate surface area is 214 Å². The Morgan fingerprint density at radius 3 is 2.35 bits per heavy atom. The van der Waals surface area contributed by atoms with Crippen LogP contribution in [0.3, 0.4) is 0 Å². The number of halogens is 1. The Morgan fingerprint density at radius 1 is 1.00 bits per heavy atom. The number of imidazole rings is 1. The standard InChI is InChI=1S/C29H29FN4O3/c1-19-31-26-11-4-22(18-27(26)34(19)25-9-5-23(30)6-10-25)28(36)32-24-7-2-21(3-8-24)29(37)33-15-12-20(13-16-33)14-17-35/h2-11,18,20,35H,12-17H2,1H3,(H,32,36). The van der Waals surface area contributed by atoms with Crippen molar-refractivity contribution in [2.45, 2.75) is 26.2 Å². The lowest BCUT2D eigenvalue weighted by Gasteiger charge is -2.31. The number of hydrogen-bond acceptors (Lipinski definition) is 4. The molecule has 1 aliphatic heterocycles. The maximum atomic E-state index is 13.4. The van der Waals surface area contributed by atoms with Gasteiger partial charge in [0.2, 0.25) is 0 Å². The first-order chi connectivity index (χ1) is 17.9. The zero-order chi connectivity index (χ0) is 25.9. The molecular formula is C29H29FN4O3. The number of anilines is 1. The van der Waals surface area contributed by atoms with E-state index in [4.69, 9.17) is 5.11 Å². The molecule has 1 fully saturated rings. The average Bonchev–Trinajstić information content (AvgIpc) is 3.24. The van der Waals surface area contributed by atoms with Gasteiger partial charge >= 0.3 is 0 Å². The molecule has 1 saturated heterocycles. The van der Waals surface area contributed by atoms with Crippen LogP contribution < -0.4 is 5.32 Å². The van der Waals surface area contributed by atoms with Gasteiger partial charge < -0.3 is 15.3 Å². The Kier molecular flexibility index (Phi) is 7.01. The quantitative estimate of drug-likeness (QED) is 0.392. The van der Waals surface area contributed by atoms with Gasteiger partial charge in [0.15, 0.2) is 0 Å². The fraction of sp³-hybridized carbons (Fsp3) is 0.276. The monoisotopic (exact) mass is 500 g/mol. The Hall–Kier alpha value is -4.04. The van der Waals surface area contributed by atoms with Gasteiger partial charge in [0.1, 0.15) is 11.6 Å². The van der Waals surface area contributed by atoms with Gasteiger partial charge in [-0.1, -0.05) is 0 Å². The third kappa shape index (κ3) is 5.24. The van der Waals surface area contributed by atoms with E-state index in [1.54, 1.807) is 54.6 Å². The number of nitrogens with one attached hydrogen (secondary N) is 1. The van der Waals surface area contributed by atoms with Crippen molar-refractivity contribution in [2.24, 2.45) is 5.92 Å². The number of likely N-dealkylation sites (tertiary alicyclic amines) is 1. The number of piperidine rings is 1. The van der Waals surface area contributed by atoms with E-state index >= 15 is 0 Å². The first-order valence-electron chi connectivity index (χ1n) is 12.5. The van der Waals surface area contributed by atoms with E-state index in [0.717, 1.165) is 41.8 Å². The molecule has 1 aliphatic rings. The van der Waals surface area contributed by atoms with Crippen molar-refractivity contribution in [1.82, 2.24) is 14.5 Å². The van der Waals surface area contributed by atoms with Gasteiger partial charge in [0.25, 0.3) is 11.8 Å². The molecular weight excluding hydrogens is 471 g/mol. The normalized spacial score (nSPS) is 14.2. The molecule has 0 aliphatic carbocycles. The first kappa shape index (κ1) is 24.6. The van der Waals surface area contributed by atoms with Crippen LogP contribution >= 0.6 is 0 Å². The van der Waals surface area contributed by atoms with E-state index in [2.05, 4.69) is 10.3 Å². The third-order valence-corrected chi connectivity index (χ3v) is 7.00. The minimum absolute atomic E-state index is 0.0183. The number of benzene rings is 3. The highest BCUT2D eigenvalue weighted by Crippen LogP contribution is 2.24. The van der Waals surface area contributed by atoms with Gasteiger partial charge in [0, 0.05) is 42.2 Å². The molecule has 0 radical (unpaired) electrons. The number of aliphatic hydroxyl groups is 1. The Bertz CT molecular complexity index is 1420. The molecule has 2 amide bonds. The Balaban J connectivity index is 1.29. The summed E-state index contributed by atoms with van der Waals surface area (Å²) in [5.74, 6) is 0.592. The highest BCUT2D eigenvalue weighted by atomic mass is 19.1. The van der Waals surface area contributed by atoms with E-state index < -0.39 is 0 Å². The van der Waals surface area contributed by atoms with Crippen LogP contribution in [0, 0.1) is 18.7 Å². The minimum atomic E-state index is -0.318. The number of fused-ring (bicyclic) bond motifs is 1. The molecule has 0 unspecified atom stereocenters. The van der Waals surface area contributed by atoms with Crippen LogP contribution in [0.15, 0.2) is 66.7 Å². The topological polar surface area (TPSA) is 87.5 Å². The summed E-state index contributed by atoms with van der Waals surface area (Å²) in [6.45, 7) is 3.44. The fourth-order valence-electron chi connectivity index (χ4n) is 4.94. The number of carbonyl (C=O) groups excluding carboxylic acids is 2. The molecule has 5 rings (SSSR count). The van der Waals surface area contributed by atoms with Crippen molar-refractivity contribution < 1.29 is 19.1 Å². The van der Waals surface area contributed by atoms with E-state index in [0.29, 0.717) is 35.8 Å². The van der Waals surface area contributed by atoms with Crippen LogP contribution in [0.2, 0.25) is 0 Å². The molecule has 2 N–H and O–H groups in total. The number of aliphatic hydroxyl groups excluding tert-OH is 1. The van der Waals surface area contributed by atoms with Crippen LogP contribution in [0.5, 0.6) is 0 Å². The summed E-state index contributed by atoms with van der Waals surface area (Å²) in [5.41, 5.74) is 3.88. The summed E-state index contributed by atoms with van der Waals surface area (Å²) in [7, 11) is 0. The second-order valence-electron chi connectivity index (χ2n) is 9.45. The van der Waals surface area contributed by atoms with Crippen molar-refractivity contribution in [2.75, 3.05) is 25.0 Å². The predicted molar refractivity (Wildman–Crippen MR) is 140 cm³/mol. The van der Waals surface area contributed by atoms with Crippen molar-refractivity contribution in [3.8, 4) is 5.69 Å². The molecule has 37 heavy (non-hydrogen) atoms. The van der Waals surface area contributed by atoms with Crippen LogP contribution in [0.1, 0.15) is 45.8 Å². The van der Waals surface area contributed by atoms with E-state index in [9.17, 15) is 14.0 Å². The number of aryl methyl sites for hydroxylation is 1. The molecule has 0 saturated carbocycles. The zero-order valence-electron chi connectivity index (χ0n) is 20.7. The van der Waals surface area contributed by atoms with E-state index in [1.165, 1.54) is 12.1 Å². The van der Waals surface area contributed by atoms with Gasteiger partial charge in [-0.05, 0) is 98.8 Å². The maximum absolute atomic E-state index is 13.4. The molecule has 8 heteroatoms. The van der Waals surface area contributed by atoms with Crippen molar-refractivity contribution in [3.63, 3.8) is 0 Å². The Morgan fingerprint density at radius 2 is 1.68 bits per heavy atom. The zero-order valence-corrected chi connectivity index (χ0v) is 20.7. The SMILES string of the molecule is Cc1nc2ccc(C(=O)Nc3ccc(C(=O)N4CCC(CCO)CC4)cc3)cc2n1-c1ccc(F)cc1. The predicted octanol–water partition coefficient (Wildman–Crippen LogP) is 4.96. The lowest BCUT2D eigenvalue weighted by molar-refractivity contribution is 0.0678. The summed E-state index contributed by atoms with van der Waals surface area (Å²) in [5, 5.41) is 12.0. The van der Waals surface area contributed by atoms with E-state index in [-0.39, 0.29) is 24.2 Å². The van der Waals surface area contributed by atoms with Crippen LogP contribution in [-0.4, -0.2) is 51.1 Å². The lowest BCUT2D eigenvalue weighted by atomic mass is 9.93. The molecule has 4 aromatic rings. The second-order valence-corrected chi connectivity index (χ2v) is 9.45. The summed E-state index contributed by atoms with van der Waals surface area (Å²) < 4.78 is 15.3. The molecule has 190 valence electrons. The molecule has 7 nitrogen and oxygen atoms in total. The van der Waals surface area contributed by atoms with Crippen LogP contribution in [-0.2, 0) is 0 Å². The van der Waals surface area contributed by atoms with Crippen LogP contribution in [0.25, 0.3) is 16.7 Å². The van der Waals surface area contributed by atoms with Gasteiger partial charge in [-0.15, -0.1) is 0 Å². The summed E-state index contributed by atoms with van der Waals surface area (Å²) in [6.07, 6.45) is 2.60.